The number of hydrogen-bond acceptors (Lipinski definition) is 7. The molecule has 4 aromatic rings. The number of rotatable bonds is 8. The van der Waals surface area contributed by atoms with E-state index >= 15 is 0 Å². The van der Waals surface area contributed by atoms with Crippen molar-refractivity contribution in [2.24, 2.45) is 17.5 Å². The Morgan fingerprint density at radius 2 is 1.70 bits per heavy atom. The molecule has 5 heterocycles. The number of likely N-dealkylation sites (tertiary alicyclic amines) is 1. The number of amides is 2. The van der Waals surface area contributed by atoms with Gasteiger partial charge in [0, 0.05) is 55.6 Å². The van der Waals surface area contributed by atoms with Crippen molar-refractivity contribution >= 4 is 28.8 Å². The number of fused-ring (bicyclic) bond motifs is 1. The van der Waals surface area contributed by atoms with Crippen molar-refractivity contribution in [1.82, 2.24) is 24.6 Å². The van der Waals surface area contributed by atoms with Crippen molar-refractivity contribution in [3.63, 3.8) is 0 Å². The smallest absolute Gasteiger partial charge is 0.237 e. The van der Waals surface area contributed by atoms with E-state index in [-0.39, 0.29) is 17.9 Å². The summed E-state index contributed by atoms with van der Waals surface area (Å²) in [5, 5.41) is 4.39. The minimum atomic E-state index is -0.436. The van der Waals surface area contributed by atoms with Gasteiger partial charge in [0.05, 0.1) is 30.3 Å². The fourth-order valence-corrected chi connectivity index (χ4v) is 7.84. The van der Waals surface area contributed by atoms with Gasteiger partial charge in [-0.15, -0.1) is 0 Å². The standard InChI is InChI=1S/C40H43N7O3/c1-27(2)50-34-12-9-30(10-13-34)37-35-22-33(11-8-32(35)23-41-37)47-21-17-40(39(47)49)16-20-45(25-40)24-36(48)46-18-14-29(15-19-46)28-4-6-31(7-5-28)38-42-26-44(3)43-38/h4-14,22,26-27H,15-21,23-25H2,1-3H3/t40-/m0/s1. The van der Waals surface area contributed by atoms with E-state index in [1.807, 2.05) is 42.8 Å². The molecule has 0 saturated carbocycles. The Morgan fingerprint density at radius 3 is 2.42 bits per heavy atom. The lowest BCUT2D eigenvalue weighted by molar-refractivity contribution is -0.132. The normalized spacial score (nSPS) is 20.5. The first-order valence-electron chi connectivity index (χ1n) is 17.7. The molecule has 0 N–H and O–H groups in total. The van der Waals surface area contributed by atoms with Gasteiger partial charge in [0.25, 0.3) is 0 Å². The summed E-state index contributed by atoms with van der Waals surface area (Å²) < 4.78 is 7.53. The van der Waals surface area contributed by atoms with Gasteiger partial charge in [-0.3, -0.25) is 24.2 Å². The van der Waals surface area contributed by atoms with Crippen molar-refractivity contribution < 1.29 is 14.3 Å². The van der Waals surface area contributed by atoms with E-state index in [9.17, 15) is 9.59 Å². The zero-order chi connectivity index (χ0) is 34.4. The molecular formula is C40H43N7O3. The molecule has 2 saturated heterocycles. The topological polar surface area (TPSA) is 96.2 Å². The Hall–Kier alpha value is -5.09. The third kappa shape index (κ3) is 6.13. The molecule has 2 amide bonds. The van der Waals surface area contributed by atoms with Crippen molar-refractivity contribution in [3.8, 4) is 17.1 Å². The van der Waals surface area contributed by atoms with E-state index in [1.54, 1.807) is 11.0 Å². The molecular weight excluding hydrogens is 626 g/mol. The number of aliphatic imine (C=N–C) groups is 1. The Bertz CT molecular complexity index is 2000. The van der Waals surface area contributed by atoms with Crippen molar-refractivity contribution in [2.45, 2.75) is 45.8 Å². The number of aryl methyl sites for hydroxylation is 1. The molecule has 0 aliphatic carbocycles. The fourth-order valence-electron chi connectivity index (χ4n) is 7.84. The van der Waals surface area contributed by atoms with E-state index in [2.05, 4.69) is 75.7 Å². The maximum Gasteiger partial charge on any atom is 0.237 e. The Morgan fingerprint density at radius 1 is 0.940 bits per heavy atom. The molecule has 3 aromatic carbocycles. The minimum absolute atomic E-state index is 0.120. The summed E-state index contributed by atoms with van der Waals surface area (Å²) in [4.78, 5) is 42.8. The second-order valence-electron chi connectivity index (χ2n) is 14.3. The lowest BCUT2D eigenvalue weighted by Crippen LogP contribution is -2.43. The first kappa shape index (κ1) is 32.1. The SMILES string of the molecule is CC(C)Oc1ccc(C2=NCc3ccc(N4CC[C@]5(CCN(CC(=O)N6CC=C(c7ccc(-c8ncn(C)n8)cc7)CC6)C5)C4=O)cc32)cc1. The second kappa shape index (κ2) is 13.0. The van der Waals surface area contributed by atoms with Gasteiger partial charge in [-0.1, -0.05) is 36.4 Å². The number of carbonyl (C=O) groups excluding carboxylic acids is 2. The predicted octanol–water partition coefficient (Wildman–Crippen LogP) is 5.37. The molecule has 10 heteroatoms. The molecule has 10 nitrogen and oxygen atoms in total. The zero-order valence-corrected chi connectivity index (χ0v) is 29.0. The first-order chi connectivity index (χ1) is 24.2. The number of ether oxygens (including phenoxy) is 1. The van der Waals surface area contributed by atoms with Crippen LogP contribution in [0.2, 0.25) is 0 Å². The van der Waals surface area contributed by atoms with E-state index in [0.29, 0.717) is 45.1 Å². The van der Waals surface area contributed by atoms with Gasteiger partial charge in [0.1, 0.15) is 12.1 Å². The molecule has 50 heavy (non-hydrogen) atoms. The lowest BCUT2D eigenvalue weighted by atomic mass is 9.85. The summed E-state index contributed by atoms with van der Waals surface area (Å²) >= 11 is 0. The highest BCUT2D eigenvalue weighted by Gasteiger charge is 2.51. The summed E-state index contributed by atoms with van der Waals surface area (Å²) in [6, 6.07) is 22.7. The van der Waals surface area contributed by atoms with Crippen LogP contribution in [0.25, 0.3) is 17.0 Å². The van der Waals surface area contributed by atoms with Crippen LogP contribution in [0.15, 0.2) is 84.1 Å². The van der Waals surface area contributed by atoms with Crippen LogP contribution < -0.4 is 9.64 Å². The number of benzene rings is 3. The average Bonchev–Trinajstić information content (AvgIpc) is 3.92. The fraction of sp³-hybridized carbons (Fsp3) is 0.375. The monoisotopic (exact) mass is 669 g/mol. The highest BCUT2D eigenvalue weighted by molar-refractivity contribution is 6.16. The van der Waals surface area contributed by atoms with Crippen LogP contribution in [0.3, 0.4) is 0 Å². The van der Waals surface area contributed by atoms with Gasteiger partial charge >= 0.3 is 0 Å². The van der Waals surface area contributed by atoms with Crippen LogP contribution >= 0.6 is 0 Å². The summed E-state index contributed by atoms with van der Waals surface area (Å²) in [5.74, 6) is 1.86. The van der Waals surface area contributed by atoms with E-state index in [1.165, 1.54) is 16.7 Å². The molecule has 1 aromatic heterocycles. The number of carbonyl (C=O) groups is 2. The third-order valence-corrected chi connectivity index (χ3v) is 10.5. The van der Waals surface area contributed by atoms with Gasteiger partial charge < -0.3 is 14.5 Å². The number of hydrogen-bond donors (Lipinski definition) is 0. The highest BCUT2D eigenvalue weighted by atomic mass is 16.5. The van der Waals surface area contributed by atoms with Crippen LogP contribution in [0.4, 0.5) is 5.69 Å². The number of aromatic nitrogens is 3. The van der Waals surface area contributed by atoms with Gasteiger partial charge in [0.2, 0.25) is 11.8 Å². The Labute approximate surface area is 293 Å². The lowest BCUT2D eigenvalue weighted by Gasteiger charge is -2.29. The van der Waals surface area contributed by atoms with Gasteiger partial charge in [-0.25, -0.2) is 4.98 Å². The van der Waals surface area contributed by atoms with Crippen LogP contribution in [0.1, 0.15) is 55.4 Å². The third-order valence-electron chi connectivity index (χ3n) is 10.5. The Kier molecular flexibility index (Phi) is 8.34. The van der Waals surface area contributed by atoms with Crippen molar-refractivity contribution in [2.75, 3.05) is 44.2 Å². The van der Waals surface area contributed by atoms with Gasteiger partial charge in [-0.2, -0.15) is 5.10 Å². The van der Waals surface area contributed by atoms with Crippen LogP contribution in [0.5, 0.6) is 5.75 Å². The molecule has 1 atom stereocenters. The first-order valence-corrected chi connectivity index (χ1v) is 17.7. The molecule has 0 unspecified atom stereocenters. The van der Waals surface area contributed by atoms with E-state index in [0.717, 1.165) is 59.6 Å². The number of nitrogens with zero attached hydrogens (tertiary/aromatic N) is 7. The summed E-state index contributed by atoms with van der Waals surface area (Å²) in [7, 11) is 1.86. The summed E-state index contributed by atoms with van der Waals surface area (Å²) in [6.07, 6.45) is 6.39. The number of anilines is 1. The van der Waals surface area contributed by atoms with Crippen molar-refractivity contribution in [1.29, 1.82) is 0 Å². The maximum absolute atomic E-state index is 14.1. The molecule has 0 bridgehead atoms. The molecule has 8 rings (SSSR count). The van der Waals surface area contributed by atoms with Gasteiger partial charge in [-0.05, 0) is 92.8 Å². The Balaban J connectivity index is 0.876. The predicted molar refractivity (Wildman–Crippen MR) is 194 cm³/mol. The molecule has 4 aliphatic rings. The highest BCUT2D eigenvalue weighted by Crippen LogP contribution is 2.43. The second-order valence-corrected chi connectivity index (χ2v) is 14.3. The average molecular weight is 670 g/mol. The zero-order valence-electron chi connectivity index (χ0n) is 29.0. The van der Waals surface area contributed by atoms with E-state index < -0.39 is 5.41 Å². The van der Waals surface area contributed by atoms with Crippen LogP contribution in [-0.2, 0) is 23.2 Å². The molecule has 2 fully saturated rings. The van der Waals surface area contributed by atoms with E-state index in [4.69, 9.17) is 9.73 Å². The van der Waals surface area contributed by atoms with Crippen LogP contribution in [0, 0.1) is 5.41 Å². The summed E-state index contributed by atoms with van der Waals surface area (Å²) in [6.45, 7) is 8.40. The van der Waals surface area contributed by atoms with Crippen LogP contribution in [-0.4, -0.2) is 87.5 Å². The van der Waals surface area contributed by atoms with Crippen molar-refractivity contribution in [3.05, 3.63) is 101 Å². The maximum atomic E-state index is 14.1. The van der Waals surface area contributed by atoms with Gasteiger partial charge in [0.15, 0.2) is 5.82 Å². The molecule has 1 spiro atoms. The summed E-state index contributed by atoms with van der Waals surface area (Å²) in [5.41, 5.74) is 8.17. The largest absolute Gasteiger partial charge is 0.491 e. The minimum Gasteiger partial charge on any atom is -0.491 e. The molecule has 0 radical (unpaired) electrons. The molecule has 4 aliphatic heterocycles. The quantitative estimate of drug-likeness (QED) is 0.251. The molecule has 256 valence electrons.